The van der Waals surface area contributed by atoms with Crippen molar-refractivity contribution in [1.82, 2.24) is 5.32 Å². The summed E-state index contributed by atoms with van der Waals surface area (Å²) in [6.45, 7) is 1.92. The van der Waals surface area contributed by atoms with Gasteiger partial charge in [0.25, 0.3) is 0 Å². The third-order valence-electron chi connectivity index (χ3n) is 5.14. The summed E-state index contributed by atoms with van der Waals surface area (Å²) in [5.41, 5.74) is 5.90. The molecule has 3 rings (SSSR count). The van der Waals surface area contributed by atoms with Crippen molar-refractivity contribution in [2.24, 2.45) is 11.7 Å². The fourth-order valence-electron chi connectivity index (χ4n) is 3.68. The van der Waals surface area contributed by atoms with Crippen LogP contribution in [0.4, 0.5) is 0 Å². The molecule has 1 saturated carbocycles. The number of fused-ring (bicyclic) bond motifs is 1. The number of hydrogen-bond acceptors (Lipinski definition) is 5. The first-order chi connectivity index (χ1) is 12.8. The quantitative estimate of drug-likeness (QED) is 0.664. The summed E-state index contributed by atoms with van der Waals surface area (Å²) in [5.74, 6) is 3.01. The van der Waals surface area contributed by atoms with Gasteiger partial charge in [0.05, 0.1) is 13.2 Å². The third kappa shape index (κ3) is 6.77. The predicted octanol–water partition coefficient (Wildman–Crippen LogP) is 3.78. The molecule has 7 heteroatoms. The highest BCUT2D eigenvalue weighted by Gasteiger charge is 2.23. The number of rotatable bonds is 7. The van der Waals surface area contributed by atoms with Crippen molar-refractivity contribution >= 4 is 30.1 Å². The van der Waals surface area contributed by atoms with Crippen LogP contribution in [0.3, 0.4) is 0 Å². The average Bonchev–Trinajstić information content (AvgIpc) is 2.92. The molecular weight excluding hydrogens is 384 g/mol. The summed E-state index contributed by atoms with van der Waals surface area (Å²) in [7, 11) is 0. The summed E-state index contributed by atoms with van der Waals surface area (Å²) in [5, 5.41) is 3.16. The summed E-state index contributed by atoms with van der Waals surface area (Å²) in [6.07, 6.45) is 7.62. The van der Waals surface area contributed by atoms with E-state index in [1.54, 1.807) is 11.8 Å². The monoisotopic (exact) mass is 414 g/mol. The lowest BCUT2D eigenvalue weighted by atomic mass is 9.84. The van der Waals surface area contributed by atoms with Crippen molar-refractivity contribution < 1.29 is 14.3 Å². The van der Waals surface area contributed by atoms with E-state index in [-0.39, 0.29) is 24.4 Å². The van der Waals surface area contributed by atoms with E-state index < -0.39 is 0 Å². The zero-order valence-corrected chi connectivity index (χ0v) is 17.4. The molecule has 27 heavy (non-hydrogen) atoms. The van der Waals surface area contributed by atoms with Gasteiger partial charge < -0.3 is 20.5 Å². The minimum Gasteiger partial charge on any atom is -0.490 e. The zero-order chi connectivity index (χ0) is 18.2. The summed E-state index contributed by atoms with van der Waals surface area (Å²) in [6, 6.07) is 6.12. The second-order valence-corrected chi connectivity index (χ2v) is 8.23. The smallest absolute Gasteiger partial charge is 0.221 e. The largest absolute Gasteiger partial charge is 0.490 e. The molecule has 2 aliphatic rings. The Morgan fingerprint density at radius 2 is 1.89 bits per heavy atom. The Bertz CT molecular complexity index is 597. The lowest BCUT2D eigenvalue weighted by Crippen LogP contribution is -2.46. The number of benzene rings is 1. The average molecular weight is 415 g/mol. The highest BCUT2D eigenvalue weighted by atomic mass is 35.5. The highest BCUT2D eigenvalue weighted by molar-refractivity contribution is 7.99. The maximum Gasteiger partial charge on any atom is 0.221 e. The highest BCUT2D eigenvalue weighted by Crippen LogP contribution is 2.34. The van der Waals surface area contributed by atoms with Crippen molar-refractivity contribution in [1.29, 1.82) is 0 Å². The van der Waals surface area contributed by atoms with Crippen molar-refractivity contribution in [3.05, 3.63) is 18.2 Å². The summed E-state index contributed by atoms with van der Waals surface area (Å²) >= 11 is 1.67. The second kappa shape index (κ2) is 11.7. The SMILES string of the molecule is Cl.NCC(NC(=O)CCSc1ccc2c(c1)OCCCO2)C1CCCCC1. The van der Waals surface area contributed by atoms with Crippen LogP contribution in [0.25, 0.3) is 0 Å². The molecule has 0 saturated heterocycles. The lowest BCUT2D eigenvalue weighted by molar-refractivity contribution is -0.121. The molecule has 3 N–H and O–H groups in total. The summed E-state index contributed by atoms with van der Waals surface area (Å²) in [4.78, 5) is 13.4. The molecule has 1 aliphatic heterocycles. The first-order valence-corrected chi connectivity index (χ1v) is 10.8. The van der Waals surface area contributed by atoms with Gasteiger partial charge in [0.15, 0.2) is 11.5 Å². The number of thioether (sulfide) groups is 1. The maximum atomic E-state index is 12.3. The first-order valence-electron chi connectivity index (χ1n) is 9.78. The van der Waals surface area contributed by atoms with Gasteiger partial charge in [-0.1, -0.05) is 19.3 Å². The summed E-state index contributed by atoms with van der Waals surface area (Å²) < 4.78 is 11.4. The van der Waals surface area contributed by atoms with E-state index in [4.69, 9.17) is 15.2 Å². The Morgan fingerprint density at radius 1 is 1.15 bits per heavy atom. The van der Waals surface area contributed by atoms with Crippen LogP contribution in [0.2, 0.25) is 0 Å². The Balaban J connectivity index is 0.00000261. The molecule has 1 aromatic carbocycles. The molecule has 1 aliphatic carbocycles. The van der Waals surface area contributed by atoms with Crippen LogP contribution < -0.4 is 20.5 Å². The van der Waals surface area contributed by atoms with Gasteiger partial charge in [0, 0.05) is 36.1 Å². The standard InChI is InChI=1S/C20H30N2O3S.ClH/c21-14-17(15-5-2-1-3-6-15)22-20(23)9-12-26-16-7-8-18-19(13-16)25-11-4-10-24-18;/h7-8,13,15,17H,1-6,9-12,14,21H2,(H,22,23);1H. The minimum atomic E-state index is 0. The van der Waals surface area contributed by atoms with E-state index in [1.807, 2.05) is 18.2 Å². The topological polar surface area (TPSA) is 73.6 Å². The molecule has 0 radical (unpaired) electrons. The molecule has 1 atom stereocenters. The molecular formula is C20H31ClN2O3S. The van der Waals surface area contributed by atoms with Crippen LogP contribution in [0.1, 0.15) is 44.9 Å². The van der Waals surface area contributed by atoms with Gasteiger partial charge in [-0.25, -0.2) is 0 Å². The van der Waals surface area contributed by atoms with E-state index in [2.05, 4.69) is 5.32 Å². The number of amides is 1. The molecule has 5 nitrogen and oxygen atoms in total. The number of carbonyl (C=O) groups is 1. The van der Waals surface area contributed by atoms with Crippen LogP contribution in [-0.2, 0) is 4.79 Å². The van der Waals surface area contributed by atoms with Gasteiger partial charge in [-0.2, -0.15) is 0 Å². The second-order valence-electron chi connectivity index (χ2n) is 7.07. The molecule has 1 amide bonds. The minimum absolute atomic E-state index is 0. The fraction of sp³-hybridized carbons (Fsp3) is 0.650. The Hall–Kier alpha value is -1.11. The van der Waals surface area contributed by atoms with Crippen LogP contribution in [0.15, 0.2) is 23.1 Å². The van der Waals surface area contributed by atoms with Crippen molar-refractivity contribution in [2.45, 2.75) is 55.9 Å². The van der Waals surface area contributed by atoms with E-state index >= 15 is 0 Å². The predicted molar refractivity (Wildman–Crippen MR) is 112 cm³/mol. The molecule has 0 bridgehead atoms. The Labute approximate surface area is 172 Å². The van der Waals surface area contributed by atoms with Gasteiger partial charge in [-0.3, -0.25) is 4.79 Å². The Kier molecular flexibility index (Phi) is 9.59. The van der Waals surface area contributed by atoms with Crippen molar-refractivity contribution in [3.8, 4) is 11.5 Å². The molecule has 1 aromatic rings. The fourth-order valence-corrected chi connectivity index (χ4v) is 4.56. The van der Waals surface area contributed by atoms with Crippen molar-refractivity contribution in [2.75, 3.05) is 25.5 Å². The number of nitrogens with one attached hydrogen (secondary N) is 1. The number of ether oxygens (including phenoxy) is 2. The molecule has 152 valence electrons. The third-order valence-corrected chi connectivity index (χ3v) is 6.13. The van der Waals surface area contributed by atoms with Crippen LogP contribution in [-0.4, -0.2) is 37.5 Å². The van der Waals surface area contributed by atoms with Crippen LogP contribution in [0, 0.1) is 5.92 Å². The molecule has 1 fully saturated rings. The van der Waals surface area contributed by atoms with E-state index in [1.165, 1.54) is 32.1 Å². The van der Waals surface area contributed by atoms with Gasteiger partial charge in [-0.15, -0.1) is 24.2 Å². The normalized spacial score (nSPS) is 18.1. The van der Waals surface area contributed by atoms with E-state index in [0.717, 1.165) is 28.6 Å². The molecule has 0 spiro atoms. The molecule has 1 unspecified atom stereocenters. The van der Waals surface area contributed by atoms with Gasteiger partial charge in [-0.05, 0) is 37.0 Å². The van der Waals surface area contributed by atoms with Crippen LogP contribution in [0.5, 0.6) is 11.5 Å². The number of halogens is 1. The zero-order valence-electron chi connectivity index (χ0n) is 15.8. The lowest BCUT2D eigenvalue weighted by Gasteiger charge is -2.30. The maximum absolute atomic E-state index is 12.3. The first kappa shape index (κ1) is 22.2. The van der Waals surface area contributed by atoms with Gasteiger partial charge in [0.1, 0.15) is 0 Å². The van der Waals surface area contributed by atoms with E-state index in [9.17, 15) is 4.79 Å². The number of hydrogen-bond donors (Lipinski definition) is 2. The van der Waals surface area contributed by atoms with Gasteiger partial charge >= 0.3 is 0 Å². The number of nitrogens with two attached hydrogens (primary N) is 1. The van der Waals surface area contributed by atoms with Gasteiger partial charge in [0.2, 0.25) is 5.91 Å². The Morgan fingerprint density at radius 3 is 2.63 bits per heavy atom. The molecule has 0 aromatic heterocycles. The number of carbonyl (C=O) groups excluding carboxylic acids is 1. The molecule has 1 heterocycles. The van der Waals surface area contributed by atoms with Crippen LogP contribution >= 0.6 is 24.2 Å². The van der Waals surface area contributed by atoms with E-state index in [0.29, 0.717) is 32.1 Å². The van der Waals surface area contributed by atoms with Crippen molar-refractivity contribution in [3.63, 3.8) is 0 Å².